The number of ether oxygens (including phenoxy) is 1. The maximum absolute atomic E-state index is 13.5. The van der Waals surface area contributed by atoms with E-state index in [2.05, 4.69) is 35.6 Å². The third-order valence-electron chi connectivity index (χ3n) is 6.11. The Bertz CT molecular complexity index is 1480. The fourth-order valence-corrected chi connectivity index (χ4v) is 5.71. The first kappa shape index (κ1) is 24.0. The van der Waals surface area contributed by atoms with Gasteiger partial charge in [-0.1, -0.05) is 72.5 Å². The standard InChI is InChI=1S/C29H24N2O3S2/c1-3-34-22-14-12-21(13-15-22)30-27(32)18(2)31-28(33)26(36-29(31)35)17-25-23-10-6-4-8-19(23)16-20-9-5-7-11-24(20)25/h4-18H,3H2,1-2H3,(H,30,32)/b26-17-. The fourth-order valence-electron chi connectivity index (χ4n) is 4.31. The number of benzene rings is 4. The molecule has 4 aromatic rings. The second-order valence-electron chi connectivity index (χ2n) is 8.41. The van der Waals surface area contributed by atoms with E-state index in [4.69, 9.17) is 17.0 Å². The zero-order valence-electron chi connectivity index (χ0n) is 19.9. The summed E-state index contributed by atoms with van der Waals surface area (Å²) >= 11 is 6.77. The monoisotopic (exact) mass is 512 g/mol. The van der Waals surface area contributed by atoms with Crippen molar-refractivity contribution >= 4 is 73.4 Å². The predicted octanol–water partition coefficient (Wildman–Crippen LogP) is 6.62. The van der Waals surface area contributed by atoms with Crippen LogP contribution in [0.4, 0.5) is 5.69 Å². The van der Waals surface area contributed by atoms with E-state index >= 15 is 0 Å². The molecule has 0 spiro atoms. The Morgan fingerprint density at radius 2 is 1.64 bits per heavy atom. The van der Waals surface area contributed by atoms with Gasteiger partial charge in [0, 0.05) is 5.69 Å². The minimum absolute atomic E-state index is 0.267. The summed E-state index contributed by atoms with van der Waals surface area (Å²) in [5, 5.41) is 7.18. The number of anilines is 1. The Hall–Kier alpha value is -3.68. The summed E-state index contributed by atoms with van der Waals surface area (Å²) in [6.07, 6.45) is 1.90. The van der Waals surface area contributed by atoms with Crippen LogP contribution in [0, 0.1) is 0 Å². The molecule has 5 rings (SSSR count). The van der Waals surface area contributed by atoms with Gasteiger partial charge in [-0.25, -0.2) is 0 Å². The number of carbonyl (C=O) groups excluding carboxylic acids is 2. The van der Waals surface area contributed by atoms with Crippen molar-refractivity contribution in [2.75, 3.05) is 11.9 Å². The molecule has 0 aliphatic carbocycles. The molecule has 0 radical (unpaired) electrons. The van der Waals surface area contributed by atoms with E-state index in [-0.39, 0.29) is 11.8 Å². The quantitative estimate of drug-likeness (QED) is 0.179. The van der Waals surface area contributed by atoms with Crippen molar-refractivity contribution in [2.45, 2.75) is 19.9 Å². The first-order chi connectivity index (χ1) is 17.5. The molecule has 1 atom stereocenters. The first-order valence-corrected chi connectivity index (χ1v) is 12.9. The number of nitrogens with one attached hydrogen (secondary N) is 1. The zero-order valence-corrected chi connectivity index (χ0v) is 21.5. The lowest BCUT2D eigenvalue weighted by atomic mass is 9.96. The number of hydrogen-bond donors (Lipinski definition) is 1. The van der Waals surface area contributed by atoms with Gasteiger partial charge < -0.3 is 10.1 Å². The number of carbonyl (C=O) groups is 2. The second kappa shape index (κ2) is 10.1. The second-order valence-corrected chi connectivity index (χ2v) is 10.1. The molecule has 1 unspecified atom stereocenters. The van der Waals surface area contributed by atoms with Crippen LogP contribution in [0.3, 0.4) is 0 Å². The minimum Gasteiger partial charge on any atom is -0.494 e. The van der Waals surface area contributed by atoms with Gasteiger partial charge in [-0.2, -0.15) is 0 Å². The number of fused-ring (bicyclic) bond motifs is 2. The number of amides is 2. The molecular weight excluding hydrogens is 488 g/mol. The number of thiocarbonyl (C=S) groups is 1. The van der Waals surface area contributed by atoms with Crippen LogP contribution in [0.1, 0.15) is 19.4 Å². The largest absolute Gasteiger partial charge is 0.494 e. The Morgan fingerprint density at radius 3 is 2.25 bits per heavy atom. The zero-order chi connectivity index (χ0) is 25.2. The van der Waals surface area contributed by atoms with Gasteiger partial charge in [0.05, 0.1) is 11.5 Å². The number of thioether (sulfide) groups is 1. The maximum Gasteiger partial charge on any atom is 0.266 e. The van der Waals surface area contributed by atoms with E-state index in [0.29, 0.717) is 21.5 Å². The number of rotatable bonds is 6. The Morgan fingerprint density at radius 1 is 1.03 bits per heavy atom. The van der Waals surface area contributed by atoms with Crippen molar-refractivity contribution in [3.8, 4) is 5.75 Å². The van der Waals surface area contributed by atoms with Crippen molar-refractivity contribution in [3.63, 3.8) is 0 Å². The van der Waals surface area contributed by atoms with Crippen molar-refractivity contribution in [1.82, 2.24) is 4.90 Å². The Kier molecular flexibility index (Phi) is 6.76. The Labute approximate surface area is 219 Å². The van der Waals surface area contributed by atoms with Crippen LogP contribution < -0.4 is 10.1 Å². The molecule has 0 bridgehead atoms. The van der Waals surface area contributed by atoms with Crippen LogP contribution in [0.15, 0.2) is 83.8 Å². The van der Waals surface area contributed by atoms with Crippen LogP contribution in [-0.2, 0) is 9.59 Å². The number of hydrogen-bond acceptors (Lipinski definition) is 5. The average Bonchev–Trinajstić information content (AvgIpc) is 3.17. The lowest BCUT2D eigenvalue weighted by Gasteiger charge is -2.22. The Balaban J connectivity index is 1.43. The minimum atomic E-state index is -0.765. The summed E-state index contributed by atoms with van der Waals surface area (Å²) in [7, 11) is 0. The normalized spacial score (nSPS) is 15.6. The van der Waals surface area contributed by atoms with Crippen LogP contribution in [0.25, 0.3) is 27.6 Å². The topological polar surface area (TPSA) is 58.6 Å². The summed E-state index contributed by atoms with van der Waals surface area (Å²) in [5.74, 6) is 0.148. The molecule has 4 aromatic carbocycles. The molecule has 2 amide bonds. The van der Waals surface area contributed by atoms with Crippen molar-refractivity contribution in [1.29, 1.82) is 0 Å². The van der Waals surface area contributed by atoms with Crippen LogP contribution in [-0.4, -0.2) is 33.7 Å². The van der Waals surface area contributed by atoms with E-state index in [1.165, 1.54) is 16.7 Å². The van der Waals surface area contributed by atoms with Gasteiger partial charge in [0.2, 0.25) is 5.91 Å². The summed E-state index contributed by atoms with van der Waals surface area (Å²) in [5.41, 5.74) is 1.59. The molecule has 1 fully saturated rings. The molecule has 7 heteroatoms. The first-order valence-electron chi connectivity index (χ1n) is 11.7. The van der Waals surface area contributed by atoms with Gasteiger partial charge in [-0.15, -0.1) is 0 Å². The summed E-state index contributed by atoms with van der Waals surface area (Å²) < 4.78 is 5.81. The van der Waals surface area contributed by atoms with E-state index < -0.39 is 6.04 Å². The van der Waals surface area contributed by atoms with Gasteiger partial charge in [0.15, 0.2) is 0 Å². The molecule has 1 aliphatic heterocycles. The molecule has 1 N–H and O–H groups in total. The fraction of sp³-hybridized carbons (Fsp3) is 0.138. The highest BCUT2D eigenvalue weighted by Gasteiger charge is 2.38. The van der Waals surface area contributed by atoms with Crippen LogP contribution in [0.5, 0.6) is 5.75 Å². The summed E-state index contributed by atoms with van der Waals surface area (Å²) in [4.78, 5) is 28.3. The molecule has 36 heavy (non-hydrogen) atoms. The molecule has 1 heterocycles. The molecular formula is C29H24N2O3S2. The van der Waals surface area contributed by atoms with Gasteiger partial charge in [-0.3, -0.25) is 14.5 Å². The molecule has 1 saturated heterocycles. The molecule has 0 aromatic heterocycles. The predicted molar refractivity (Wildman–Crippen MR) is 152 cm³/mol. The SMILES string of the molecule is CCOc1ccc(NC(=O)C(C)N2C(=O)/C(=C/c3c4ccccc4cc4ccccc34)SC2=S)cc1. The smallest absolute Gasteiger partial charge is 0.266 e. The van der Waals surface area contributed by atoms with E-state index in [1.807, 2.05) is 37.3 Å². The van der Waals surface area contributed by atoms with Gasteiger partial charge >= 0.3 is 0 Å². The third kappa shape index (κ3) is 4.59. The van der Waals surface area contributed by atoms with Gasteiger partial charge in [0.1, 0.15) is 16.1 Å². The van der Waals surface area contributed by atoms with Gasteiger partial charge in [-0.05, 0) is 77.4 Å². The third-order valence-corrected chi connectivity index (χ3v) is 7.44. The van der Waals surface area contributed by atoms with E-state index in [1.54, 1.807) is 31.2 Å². The molecule has 0 saturated carbocycles. The summed E-state index contributed by atoms with van der Waals surface area (Å²) in [6, 6.07) is 24.8. The lowest BCUT2D eigenvalue weighted by Crippen LogP contribution is -2.44. The maximum atomic E-state index is 13.5. The highest BCUT2D eigenvalue weighted by molar-refractivity contribution is 8.26. The van der Waals surface area contributed by atoms with Crippen LogP contribution >= 0.6 is 24.0 Å². The number of nitrogens with zero attached hydrogens (tertiary/aromatic N) is 1. The molecule has 180 valence electrons. The van der Waals surface area contributed by atoms with Crippen LogP contribution in [0.2, 0.25) is 0 Å². The average molecular weight is 513 g/mol. The van der Waals surface area contributed by atoms with Crippen molar-refractivity contribution < 1.29 is 14.3 Å². The highest BCUT2D eigenvalue weighted by atomic mass is 32.2. The lowest BCUT2D eigenvalue weighted by molar-refractivity contribution is -0.129. The van der Waals surface area contributed by atoms with Gasteiger partial charge in [0.25, 0.3) is 5.91 Å². The highest BCUT2D eigenvalue weighted by Crippen LogP contribution is 2.37. The summed E-state index contributed by atoms with van der Waals surface area (Å²) in [6.45, 7) is 4.17. The van der Waals surface area contributed by atoms with E-state index in [0.717, 1.165) is 32.9 Å². The van der Waals surface area contributed by atoms with Crippen molar-refractivity contribution in [3.05, 3.63) is 89.3 Å². The molecule has 1 aliphatic rings. The molecule has 5 nitrogen and oxygen atoms in total. The van der Waals surface area contributed by atoms with E-state index in [9.17, 15) is 9.59 Å². The van der Waals surface area contributed by atoms with Crippen molar-refractivity contribution in [2.24, 2.45) is 0 Å².